The second-order valence-corrected chi connectivity index (χ2v) is 10.1. The second-order valence-electron chi connectivity index (χ2n) is 8.40. The molecule has 0 fully saturated rings. The molecule has 2 N–H and O–H groups in total. The molecule has 0 aliphatic heterocycles. The highest BCUT2D eigenvalue weighted by molar-refractivity contribution is 7.92. The number of rotatable bonds is 7. The second kappa shape index (κ2) is 8.78. The van der Waals surface area contributed by atoms with Crippen molar-refractivity contribution in [3.8, 4) is 0 Å². The first kappa shape index (κ1) is 22.7. The van der Waals surface area contributed by atoms with Crippen molar-refractivity contribution in [1.29, 1.82) is 0 Å². The summed E-state index contributed by atoms with van der Waals surface area (Å²) >= 11 is 0. The Labute approximate surface area is 192 Å². The van der Waals surface area contributed by atoms with Gasteiger partial charge in [-0.25, -0.2) is 13.1 Å². The molecule has 4 rings (SSSR count). The van der Waals surface area contributed by atoms with Gasteiger partial charge in [0.15, 0.2) is 0 Å². The molecule has 0 bridgehead atoms. The van der Waals surface area contributed by atoms with E-state index >= 15 is 0 Å². The van der Waals surface area contributed by atoms with Crippen LogP contribution in [-0.4, -0.2) is 14.3 Å². The van der Waals surface area contributed by atoms with E-state index in [2.05, 4.69) is 30.0 Å². The summed E-state index contributed by atoms with van der Waals surface area (Å²) in [4.78, 5) is 12.7. The standard InChI is InChI=1S/C25H26N2O5S/c1-15(2)18-5-10-23-22(11-18)19(14-31-23)12-24(28)26-20-6-8-21(9-7-20)33(29,30)27-25-17(4)16(3)13-32-25/h5-11,13-15,27H,12H2,1-4H3,(H,26,28). The lowest BCUT2D eigenvalue weighted by molar-refractivity contribution is -0.115. The lowest BCUT2D eigenvalue weighted by Crippen LogP contribution is -2.15. The molecule has 0 unspecified atom stereocenters. The Morgan fingerprint density at radius 3 is 2.36 bits per heavy atom. The van der Waals surface area contributed by atoms with Crippen LogP contribution in [0.4, 0.5) is 11.6 Å². The normalized spacial score (nSPS) is 11.8. The van der Waals surface area contributed by atoms with Crippen LogP contribution in [0.1, 0.15) is 42.0 Å². The summed E-state index contributed by atoms with van der Waals surface area (Å²) in [5, 5.41) is 3.73. The highest BCUT2D eigenvalue weighted by Gasteiger charge is 2.18. The van der Waals surface area contributed by atoms with Crippen molar-refractivity contribution in [2.24, 2.45) is 0 Å². The Kier molecular flexibility index (Phi) is 6.03. The molecular weight excluding hydrogens is 440 g/mol. The Morgan fingerprint density at radius 1 is 1.00 bits per heavy atom. The number of carbonyl (C=O) groups excluding carboxylic acids is 1. The van der Waals surface area contributed by atoms with E-state index in [-0.39, 0.29) is 23.1 Å². The number of amides is 1. The molecule has 4 aromatic rings. The van der Waals surface area contributed by atoms with Crippen LogP contribution in [0.15, 0.2) is 68.7 Å². The van der Waals surface area contributed by atoms with Gasteiger partial charge in [-0.05, 0) is 67.3 Å². The minimum atomic E-state index is -3.81. The fraction of sp³-hybridized carbons (Fsp3) is 0.240. The monoisotopic (exact) mass is 466 g/mol. The summed E-state index contributed by atoms with van der Waals surface area (Å²) in [5.74, 6) is 0.344. The number of sulfonamides is 1. The zero-order chi connectivity index (χ0) is 23.8. The average molecular weight is 467 g/mol. The van der Waals surface area contributed by atoms with Crippen LogP contribution >= 0.6 is 0 Å². The summed E-state index contributed by atoms with van der Waals surface area (Å²) in [6, 6.07) is 12.0. The highest BCUT2D eigenvalue weighted by Crippen LogP contribution is 2.27. The smallest absolute Gasteiger partial charge is 0.264 e. The first-order valence-electron chi connectivity index (χ1n) is 10.6. The topological polar surface area (TPSA) is 102 Å². The van der Waals surface area contributed by atoms with Crippen LogP contribution in [0.5, 0.6) is 0 Å². The van der Waals surface area contributed by atoms with Gasteiger partial charge in [-0.1, -0.05) is 19.9 Å². The Balaban J connectivity index is 1.45. The maximum Gasteiger partial charge on any atom is 0.264 e. The van der Waals surface area contributed by atoms with E-state index in [9.17, 15) is 13.2 Å². The van der Waals surface area contributed by atoms with E-state index in [4.69, 9.17) is 8.83 Å². The molecule has 2 heterocycles. The SMILES string of the molecule is Cc1coc(NS(=O)(=O)c2ccc(NC(=O)Cc3coc4ccc(C(C)C)cc34)cc2)c1C. The van der Waals surface area contributed by atoms with Gasteiger partial charge in [0.2, 0.25) is 11.8 Å². The predicted octanol–water partition coefficient (Wildman–Crippen LogP) is 5.75. The number of carbonyl (C=O) groups is 1. The van der Waals surface area contributed by atoms with Crippen LogP contribution < -0.4 is 10.0 Å². The third-order valence-electron chi connectivity index (χ3n) is 5.66. The Hall–Kier alpha value is -3.52. The van der Waals surface area contributed by atoms with Gasteiger partial charge in [-0.3, -0.25) is 4.79 Å². The molecule has 0 aliphatic rings. The average Bonchev–Trinajstić information content (AvgIpc) is 3.31. The Morgan fingerprint density at radius 2 is 1.73 bits per heavy atom. The molecular formula is C25H26N2O5S. The fourth-order valence-corrected chi connectivity index (χ4v) is 4.53. The van der Waals surface area contributed by atoms with Crippen LogP contribution in [0.25, 0.3) is 11.0 Å². The number of benzene rings is 2. The van der Waals surface area contributed by atoms with Gasteiger partial charge in [0, 0.05) is 22.2 Å². The van der Waals surface area contributed by atoms with Crippen molar-refractivity contribution in [2.45, 2.75) is 44.9 Å². The molecule has 7 nitrogen and oxygen atoms in total. The van der Waals surface area contributed by atoms with Crippen molar-refractivity contribution in [3.05, 3.63) is 77.2 Å². The summed E-state index contributed by atoms with van der Waals surface area (Å²) in [6.45, 7) is 7.85. The third kappa shape index (κ3) is 4.80. The zero-order valence-corrected chi connectivity index (χ0v) is 19.7. The van der Waals surface area contributed by atoms with Crippen LogP contribution in [0.3, 0.4) is 0 Å². The predicted molar refractivity (Wildman–Crippen MR) is 128 cm³/mol. The molecule has 2 aromatic carbocycles. The van der Waals surface area contributed by atoms with Gasteiger partial charge in [-0.15, -0.1) is 0 Å². The molecule has 0 atom stereocenters. The van der Waals surface area contributed by atoms with E-state index in [1.54, 1.807) is 25.3 Å². The van der Waals surface area contributed by atoms with Crippen LogP contribution in [0.2, 0.25) is 0 Å². The first-order chi connectivity index (χ1) is 15.6. The van der Waals surface area contributed by atoms with Crippen LogP contribution in [-0.2, 0) is 21.2 Å². The van der Waals surface area contributed by atoms with Gasteiger partial charge in [0.05, 0.1) is 23.8 Å². The van der Waals surface area contributed by atoms with Gasteiger partial charge in [-0.2, -0.15) is 0 Å². The maximum atomic E-state index is 12.6. The molecule has 0 radical (unpaired) electrons. The lowest BCUT2D eigenvalue weighted by Gasteiger charge is -2.09. The number of furan rings is 2. The number of aryl methyl sites for hydroxylation is 1. The summed E-state index contributed by atoms with van der Waals surface area (Å²) in [7, 11) is -3.81. The third-order valence-corrected chi connectivity index (χ3v) is 7.00. The van der Waals surface area contributed by atoms with E-state index < -0.39 is 10.0 Å². The molecule has 0 saturated heterocycles. The number of fused-ring (bicyclic) bond motifs is 1. The molecule has 33 heavy (non-hydrogen) atoms. The molecule has 0 saturated carbocycles. The highest BCUT2D eigenvalue weighted by atomic mass is 32.2. The molecule has 8 heteroatoms. The number of hydrogen-bond donors (Lipinski definition) is 2. The molecule has 1 amide bonds. The summed E-state index contributed by atoms with van der Waals surface area (Å²) in [5.41, 5.74) is 4.81. The van der Waals surface area contributed by atoms with Crippen LogP contribution in [0, 0.1) is 13.8 Å². The first-order valence-corrected chi connectivity index (χ1v) is 12.1. The minimum Gasteiger partial charge on any atom is -0.464 e. The number of hydrogen-bond acceptors (Lipinski definition) is 5. The van der Waals surface area contributed by atoms with Crippen molar-refractivity contribution in [3.63, 3.8) is 0 Å². The van der Waals surface area contributed by atoms with Crippen molar-refractivity contribution < 1.29 is 22.0 Å². The van der Waals surface area contributed by atoms with Gasteiger partial charge in [0.1, 0.15) is 5.58 Å². The minimum absolute atomic E-state index is 0.0657. The molecule has 2 aromatic heterocycles. The van der Waals surface area contributed by atoms with E-state index in [0.717, 1.165) is 27.7 Å². The Bertz CT molecular complexity index is 1410. The van der Waals surface area contributed by atoms with Gasteiger partial charge >= 0.3 is 0 Å². The van der Waals surface area contributed by atoms with Crippen molar-refractivity contribution in [2.75, 3.05) is 10.0 Å². The lowest BCUT2D eigenvalue weighted by atomic mass is 10.00. The number of anilines is 2. The van der Waals surface area contributed by atoms with Crippen molar-refractivity contribution in [1.82, 2.24) is 0 Å². The fourth-order valence-electron chi connectivity index (χ4n) is 3.48. The summed E-state index contributed by atoms with van der Waals surface area (Å²) < 4.78 is 38.6. The zero-order valence-electron chi connectivity index (χ0n) is 18.9. The van der Waals surface area contributed by atoms with Gasteiger partial charge < -0.3 is 14.2 Å². The van der Waals surface area contributed by atoms with Crippen molar-refractivity contribution >= 4 is 38.5 Å². The van der Waals surface area contributed by atoms with E-state index in [1.807, 2.05) is 19.1 Å². The molecule has 0 aliphatic carbocycles. The number of nitrogens with one attached hydrogen (secondary N) is 2. The quantitative estimate of drug-likeness (QED) is 0.361. The van der Waals surface area contributed by atoms with Gasteiger partial charge in [0.25, 0.3) is 10.0 Å². The summed E-state index contributed by atoms with van der Waals surface area (Å²) in [6.07, 6.45) is 3.25. The largest absolute Gasteiger partial charge is 0.464 e. The molecule has 0 spiro atoms. The maximum absolute atomic E-state index is 12.6. The molecule has 172 valence electrons. The van der Waals surface area contributed by atoms with E-state index in [0.29, 0.717) is 11.6 Å². The van der Waals surface area contributed by atoms with E-state index in [1.165, 1.54) is 24.0 Å².